The summed E-state index contributed by atoms with van der Waals surface area (Å²) in [4.78, 5) is 23.7. The lowest BCUT2D eigenvalue weighted by molar-refractivity contribution is -0.123. The van der Waals surface area contributed by atoms with Crippen molar-refractivity contribution in [1.29, 1.82) is 0 Å². The maximum Gasteiger partial charge on any atom is 0.315 e. The van der Waals surface area contributed by atoms with Crippen LogP contribution in [-0.2, 0) is 11.3 Å². The number of rotatable bonds is 8. The highest BCUT2D eigenvalue weighted by atomic mass is 19.1. The number of aliphatic hydroxyl groups is 1. The van der Waals surface area contributed by atoms with Crippen molar-refractivity contribution in [2.75, 3.05) is 13.2 Å². The second-order valence-electron chi connectivity index (χ2n) is 4.81. The summed E-state index contributed by atoms with van der Waals surface area (Å²) in [7, 11) is 0. The number of carbonyl (C=O) groups is 2. The molecular formula is C15H22FN3O3. The summed E-state index contributed by atoms with van der Waals surface area (Å²) >= 11 is 0. The molecule has 0 bridgehead atoms. The van der Waals surface area contributed by atoms with Crippen LogP contribution in [0.25, 0.3) is 0 Å². The van der Waals surface area contributed by atoms with Gasteiger partial charge in [-0.1, -0.05) is 25.5 Å². The zero-order chi connectivity index (χ0) is 16.4. The number of benzene rings is 1. The molecule has 0 aliphatic carbocycles. The molecule has 122 valence electrons. The summed E-state index contributed by atoms with van der Waals surface area (Å²) in [6.45, 7) is 2.15. The van der Waals surface area contributed by atoms with Crippen molar-refractivity contribution in [3.8, 4) is 0 Å². The maximum absolute atomic E-state index is 12.8. The summed E-state index contributed by atoms with van der Waals surface area (Å²) in [5.74, 6) is -0.662. The number of halogens is 1. The minimum absolute atomic E-state index is 0.151. The summed E-state index contributed by atoms with van der Waals surface area (Å²) in [6, 6.07) is 4.67. The summed E-state index contributed by atoms with van der Waals surface area (Å²) in [5, 5.41) is 16.4. The molecule has 7 heteroatoms. The molecule has 1 aromatic carbocycles. The molecule has 3 amide bonds. The zero-order valence-corrected chi connectivity index (χ0v) is 12.6. The van der Waals surface area contributed by atoms with Gasteiger partial charge in [0.15, 0.2) is 0 Å². The van der Waals surface area contributed by atoms with E-state index in [1.807, 2.05) is 6.92 Å². The van der Waals surface area contributed by atoms with Crippen molar-refractivity contribution in [1.82, 2.24) is 16.0 Å². The molecule has 4 N–H and O–H groups in total. The molecule has 0 spiro atoms. The molecule has 0 fully saturated rings. The van der Waals surface area contributed by atoms with Crippen molar-refractivity contribution in [2.45, 2.75) is 32.4 Å². The topological polar surface area (TPSA) is 90.5 Å². The van der Waals surface area contributed by atoms with Gasteiger partial charge >= 0.3 is 6.03 Å². The van der Waals surface area contributed by atoms with E-state index in [0.717, 1.165) is 12.0 Å². The Labute approximate surface area is 129 Å². The number of hydrogen-bond acceptors (Lipinski definition) is 3. The number of nitrogens with one attached hydrogen (secondary N) is 3. The van der Waals surface area contributed by atoms with Gasteiger partial charge in [-0.25, -0.2) is 9.18 Å². The Morgan fingerprint density at radius 3 is 2.50 bits per heavy atom. The van der Waals surface area contributed by atoms with E-state index in [1.165, 1.54) is 12.1 Å². The molecule has 1 atom stereocenters. The van der Waals surface area contributed by atoms with E-state index in [4.69, 9.17) is 5.11 Å². The second-order valence-corrected chi connectivity index (χ2v) is 4.81. The third kappa shape index (κ3) is 6.53. The number of carbonyl (C=O) groups excluding carboxylic acids is 2. The third-order valence-corrected chi connectivity index (χ3v) is 2.98. The Morgan fingerprint density at radius 1 is 1.23 bits per heavy atom. The lowest BCUT2D eigenvalue weighted by atomic mass is 10.1. The molecule has 0 saturated heterocycles. The Bertz CT molecular complexity index is 479. The summed E-state index contributed by atoms with van der Waals surface area (Å²) < 4.78 is 12.8. The fourth-order valence-corrected chi connectivity index (χ4v) is 1.85. The molecule has 0 aromatic heterocycles. The van der Waals surface area contributed by atoms with E-state index in [2.05, 4.69) is 16.0 Å². The van der Waals surface area contributed by atoms with Gasteiger partial charge in [0.25, 0.3) is 0 Å². The fourth-order valence-electron chi connectivity index (χ4n) is 1.85. The van der Waals surface area contributed by atoms with E-state index in [1.54, 1.807) is 12.1 Å². The van der Waals surface area contributed by atoms with Gasteiger partial charge in [-0.3, -0.25) is 4.79 Å². The maximum atomic E-state index is 12.8. The molecule has 0 heterocycles. The Hall–Kier alpha value is -2.15. The predicted octanol–water partition coefficient (Wildman–Crippen LogP) is 0.902. The minimum atomic E-state index is -0.648. The van der Waals surface area contributed by atoms with Crippen LogP contribution < -0.4 is 16.0 Å². The molecule has 1 aromatic rings. The van der Waals surface area contributed by atoms with Crippen LogP contribution in [0.15, 0.2) is 24.3 Å². The van der Waals surface area contributed by atoms with Crippen LogP contribution in [0.2, 0.25) is 0 Å². The lowest BCUT2D eigenvalue weighted by Gasteiger charge is -2.18. The quantitative estimate of drug-likeness (QED) is 0.575. The highest BCUT2D eigenvalue weighted by Crippen LogP contribution is 2.02. The van der Waals surface area contributed by atoms with Crippen molar-refractivity contribution < 1.29 is 19.1 Å². The van der Waals surface area contributed by atoms with Crippen LogP contribution >= 0.6 is 0 Å². The van der Waals surface area contributed by atoms with Crippen LogP contribution in [0.5, 0.6) is 0 Å². The first-order chi connectivity index (χ1) is 10.6. The number of aliphatic hydroxyl groups excluding tert-OH is 1. The first kappa shape index (κ1) is 17.9. The highest BCUT2D eigenvalue weighted by Gasteiger charge is 2.19. The Morgan fingerprint density at radius 2 is 1.91 bits per heavy atom. The number of hydrogen-bond donors (Lipinski definition) is 4. The van der Waals surface area contributed by atoms with Gasteiger partial charge in [0, 0.05) is 13.1 Å². The third-order valence-electron chi connectivity index (χ3n) is 2.98. The predicted molar refractivity (Wildman–Crippen MR) is 80.6 cm³/mol. The summed E-state index contributed by atoms with van der Waals surface area (Å²) in [6.07, 6.45) is 1.23. The molecule has 0 radical (unpaired) electrons. The zero-order valence-electron chi connectivity index (χ0n) is 12.6. The largest absolute Gasteiger partial charge is 0.395 e. The molecule has 1 rings (SSSR count). The average Bonchev–Trinajstić information content (AvgIpc) is 2.51. The normalized spacial score (nSPS) is 11.6. The van der Waals surface area contributed by atoms with Gasteiger partial charge in [-0.05, 0) is 24.1 Å². The smallest absolute Gasteiger partial charge is 0.315 e. The van der Waals surface area contributed by atoms with E-state index < -0.39 is 12.1 Å². The first-order valence-electron chi connectivity index (χ1n) is 7.24. The number of urea groups is 1. The standard InChI is InChI=1S/C15H22FN3O3/c1-2-3-13(14(21)17-8-9-20)19-15(22)18-10-11-4-6-12(16)7-5-11/h4-7,13,20H,2-3,8-10H2,1H3,(H,17,21)(H2,18,19,22)/t13-/m0/s1. The molecule has 0 aliphatic rings. The van der Waals surface area contributed by atoms with E-state index in [-0.39, 0.29) is 31.4 Å². The van der Waals surface area contributed by atoms with Crippen LogP contribution in [-0.4, -0.2) is 36.2 Å². The van der Waals surface area contributed by atoms with E-state index in [0.29, 0.717) is 6.42 Å². The monoisotopic (exact) mass is 311 g/mol. The van der Waals surface area contributed by atoms with Crippen molar-refractivity contribution >= 4 is 11.9 Å². The Kier molecular flexibility index (Phi) is 7.91. The second kappa shape index (κ2) is 9.73. The minimum Gasteiger partial charge on any atom is -0.395 e. The molecular weight excluding hydrogens is 289 g/mol. The lowest BCUT2D eigenvalue weighted by Crippen LogP contribution is -2.50. The molecule has 6 nitrogen and oxygen atoms in total. The average molecular weight is 311 g/mol. The van der Waals surface area contributed by atoms with E-state index >= 15 is 0 Å². The van der Waals surface area contributed by atoms with Gasteiger partial charge in [-0.15, -0.1) is 0 Å². The van der Waals surface area contributed by atoms with Gasteiger partial charge in [-0.2, -0.15) is 0 Å². The van der Waals surface area contributed by atoms with Crippen LogP contribution in [0.3, 0.4) is 0 Å². The van der Waals surface area contributed by atoms with Crippen molar-refractivity contribution in [2.24, 2.45) is 0 Å². The van der Waals surface area contributed by atoms with Gasteiger partial charge in [0.1, 0.15) is 11.9 Å². The summed E-state index contributed by atoms with van der Waals surface area (Å²) in [5.41, 5.74) is 0.758. The van der Waals surface area contributed by atoms with E-state index in [9.17, 15) is 14.0 Å². The highest BCUT2D eigenvalue weighted by molar-refractivity contribution is 5.86. The first-order valence-corrected chi connectivity index (χ1v) is 7.24. The van der Waals surface area contributed by atoms with Crippen molar-refractivity contribution in [3.05, 3.63) is 35.6 Å². The van der Waals surface area contributed by atoms with Gasteiger partial charge < -0.3 is 21.1 Å². The SMILES string of the molecule is CCC[C@H](NC(=O)NCc1ccc(F)cc1)C(=O)NCCO. The van der Waals surface area contributed by atoms with Gasteiger partial charge in [0.2, 0.25) is 5.91 Å². The molecule has 22 heavy (non-hydrogen) atoms. The fraction of sp³-hybridized carbons (Fsp3) is 0.467. The molecule has 0 unspecified atom stereocenters. The van der Waals surface area contributed by atoms with Crippen molar-refractivity contribution in [3.63, 3.8) is 0 Å². The van der Waals surface area contributed by atoms with Crippen LogP contribution in [0, 0.1) is 5.82 Å². The Balaban J connectivity index is 2.45. The van der Waals surface area contributed by atoms with Gasteiger partial charge in [0.05, 0.1) is 6.61 Å². The van der Waals surface area contributed by atoms with Crippen LogP contribution in [0.4, 0.5) is 9.18 Å². The molecule has 0 aliphatic heterocycles. The number of amides is 3. The molecule has 0 saturated carbocycles. The van der Waals surface area contributed by atoms with Crippen LogP contribution in [0.1, 0.15) is 25.3 Å².